The first-order valence-electron chi connectivity index (χ1n) is 13.8. The van der Waals surface area contributed by atoms with Crippen LogP contribution >= 0.6 is 0 Å². The minimum Gasteiger partial charge on any atom is -0.442 e. The monoisotopic (exact) mass is 474 g/mol. The van der Waals surface area contributed by atoms with Gasteiger partial charge in [0.1, 0.15) is 0 Å². The van der Waals surface area contributed by atoms with Crippen molar-refractivity contribution in [1.82, 2.24) is 0 Å². The largest absolute Gasteiger partial charge is 0.442 e. The summed E-state index contributed by atoms with van der Waals surface area (Å²) in [5.41, 5.74) is 0.942. The average molecular weight is 475 g/mol. The minimum absolute atomic E-state index is 0.0738. The number of benzene rings is 1. The summed E-state index contributed by atoms with van der Waals surface area (Å²) in [7, 11) is 0. The van der Waals surface area contributed by atoms with Crippen LogP contribution < -0.4 is 4.90 Å². The molecule has 6 heteroatoms. The van der Waals surface area contributed by atoms with Gasteiger partial charge in [-0.1, -0.05) is 96.8 Å². The van der Waals surface area contributed by atoms with E-state index in [9.17, 15) is 14.9 Å². The number of non-ortho nitro benzene ring substituents is 1. The summed E-state index contributed by atoms with van der Waals surface area (Å²) in [4.78, 5) is 24.8. The molecule has 0 bridgehead atoms. The Bertz CT molecular complexity index is 692. The van der Waals surface area contributed by atoms with Crippen molar-refractivity contribution in [1.29, 1.82) is 0 Å². The third-order valence-corrected chi connectivity index (χ3v) is 6.84. The Morgan fingerprint density at radius 3 is 1.88 bits per heavy atom. The summed E-state index contributed by atoms with van der Waals surface area (Å²) in [5, 5.41) is 10.8. The third-order valence-electron chi connectivity index (χ3n) is 6.84. The van der Waals surface area contributed by atoms with Crippen LogP contribution in [0.5, 0.6) is 0 Å². The summed E-state index contributed by atoms with van der Waals surface area (Å²) in [6, 6.07) is 6.47. The smallest absolute Gasteiger partial charge is 0.307 e. The van der Waals surface area contributed by atoms with Crippen molar-refractivity contribution in [3.63, 3.8) is 0 Å². The van der Waals surface area contributed by atoms with Gasteiger partial charge in [0.2, 0.25) is 0 Å². The summed E-state index contributed by atoms with van der Waals surface area (Å²) in [6.45, 7) is 3.07. The molecule has 0 amide bonds. The predicted octanol–water partition coefficient (Wildman–Crippen LogP) is 8.33. The number of carbonyl (C=O) groups excluding carboxylic acids is 1. The van der Waals surface area contributed by atoms with Crippen molar-refractivity contribution in [2.24, 2.45) is 0 Å². The van der Waals surface area contributed by atoms with Gasteiger partial charge in [-0.3, -0.25) is 14.9 Å². The van der Waals surface area contributed by atoms with Crippen LogP contribution in [-0.4, -0.2) is 23.7 Å². The van der Waals surface area contributed by atoms with Gasteiger partial charge in [0, 0.05) is 37.2 Å². The van der Waals surface area contributed by atoms with Crippen LogP contribution in [0.4, 0.5) is 11.4 Å². The topological polar surface area (TPSA) is 72.7 Å². The number of nitro groups is 1. The van der Waals surface area contributed by atoms with E-state index in [1.165, 1.54) is 95.6 Å². The van der Waals surface area contributed by atoms with Crippen molar-refractivity contribution >= 4 is 17.3 Å². The SMILES string of the molecule is CCCCCCCCCCCCCCCCCC(=O)O[C@H]1CCCN1c1ccc([N+](=O)[O-])cc1. The maximum atomic E-state index is 12.3. The molecule has 1 fully saturated rings. The highest BCUT2D eigenvalue weighted by Crippen LogP contribution is 2.28. The van der Waals surface area contributed by atoms with Gasteiger partial charge in [-0.25, -0.2) is 0 Å². The zero-order valence-electron chi connectivity index (χ0n) is 21.3. The van der Waals surface area contributed by atoms with E-state index in [4.69, 9.17) is 4.74 Å². The summed E-state index contributed by atoms with van der Waals surface area (Å²) >= 11 is 0. The molecule has 34 heavy (non-hydrogen) atoms. The van der Waals surface area contributed by atoms with Crippen molar-refractivity contribution in [3.8, 4) is 0 Å². The number of esters is 1. The van der Waals surface area contributed by atoms with Crippen molar-refractivity contribution in [2.75, 3.05) is 11.4 Å². The molecule has 0 aromatic heterocycles. The Hall–Kier alpha value is -2.11. The number of anilines is 1. The van der Waals surface area contributed by atoms with Gasteiger partial charge >= 0.3 is 5.97 Å². The molecule has 0 unspecified atom stereocenters. The molecule has 0 saturated carbocycles. The fourth-order valence-corrected chi connectivity index (χ4v) is 4.77. The molecule has 0 N–H and O–H groups in total. The van der Waals surface area contributed by atoms with Crippen molar-refractivity contribution < 1.29 is 14.5 Å². The number of rotatable bonds is 19. The lowest BCUT2D eigenvalue weighted by molar-refractivity contribution is -0.384. The lowest BCUT2D eigenvalue weighted by atomic mass is 10.0. The first-order valence-corrected chi connectivity index (χ1v) is 13.8. The number of nitrogens with zero attached hydrogens (tertiary/aromatic N) is 2. The van der Waals surface area contributed by atoms with Gasteiger partial charge in [0.05, 0.1) is 4.92 Å². The van der Waals surface area contributed by atoms with E-state index >= 15 is 0 Å². The molecule has 192 valence electrons. The number of unbranched alkanes of at least 4 members (excludes halogenated alkanes) is 14. The number of hydrogen-bond donors (Lipinski definition) is 0. The molecule has 1 atom stereocenters. The summed E-state index contributed by atoms with van der Waals surface area (Å²) in [6.07, 6.45) is 21.6. The Kier molecular flexibility index (Phi) is 14.3. The molecule has 2 rings (SSSR count). The number of ether oxygens (including phenoxy) is 1. The Labute approximate surface area is 206 Å². The zero-order chi connectivity index (χ0) is 24.4. The van der Waals surface area contributed by atoms with E-state index in [-0.39, 0.29) is 17.9 Å². The Morgan fingerprint density at radius 1 is 0.882 bits per heavy atom. The van der Waals surface area contributed by atoms with Crippen LogP contribution in [0.3, 0.4) is 0 Å². The molecule has 0 aliphatic carbocycles. The second-order valence-corrected chi connectivity index (χ2v) is 9.75. The Morgan fingerprint density at radius 2 is 1.38 bits per heavy atom. The predicted molar refractivity (Wildman–Crippen MR) is 139 cm³/mol. The second-order valence-electron chi connectivity index (χ2n) is 9.75. The first-order chi connectivity index (χ1) is 16.6. The van der Waals surface area contributed by atoms with Crippen LogP contribution in [0.2, 0.25) is 0 Å². The zero-order valence-corrected chi connectivity index (χ0v) is 21.3. The fourth-order valence-electron chi connectivity index (χ4n) is 4.77. The summed E-state index contributed by atoms with van der Waals surface area (Å²) in [5.74, 6) is -0.131. The normalized spacial score (nSPS) is 15.6. The summed E-state index contributed by atoms with van der Waals surface area (Å²) < 4.78 is 5.73. The number of hydrogen-bond acceptors (Lipinski definition) is 5. The van der Waals surface area contributed by atoms with E-state index in [0.29, 0.717) is 6.42 Å². The van der Waals surface area contributed by atoms with Gasteiger partial charge < -0.3 is 9.64 Å². The molecule has 0 spiro atoms. The van der Waals surface area contributed by atoms with E-state index in [2.05, 4.69) is 6.92 Å². The molecular weight excluding hydrogens is 428 g/mol. The average Bonchev–Trinajstić information content (AvgIpc) is 3.29. The molecule has 0 radical (unpaired) electrons. The molecule has 1 saturated heterocycles. The van der Waals surface area contributed by atoms with Crippen LogP contribution in [0.25, 0.3) is 0 Å². The molecule has 1 aliphatic rings. The van der Waals surface area contributed by atoms with Gasteiger partial charge in [0.15, 0.2) is 6.23 Å². The van der Waals surface area contributed by atoms with Crippen LogP contribution in [0, 0.1) is 10.1 Å². The van der Waals surface area contributed by atoms with Gasteiger partial charge in [-0.05, 0) is 25.0 Å². The van der Waals surface area contributed by atoms with Crippen LogP contribution in [0.1, 0.15) is 122 Å². The van der Waals surface area contributed by atoms with Crippen molar-refractivity contribution in [3.05, 3.63) is 34.4 Å². The quantitative estimate of drug-likeness (QED) is 0.0872. The highest BCUT2D eigenvalue weighted by molar-refractivity contribution is 5.70. The number of nitro benzene ring substituents is 1. The molecule has 1 heterocycles. The molecule has 6 nitrogen and oxygen atoms in total. The first kappa shape index (κ1) is 28.1. The van der Waals surface area contributed by atoms with Crippen LogP contribution in [-0.2, 0) is 9.53 Å². The van der Waals surface area contributed by atoms with E-state index in [1.54, 1.807) is 12.1 Å². The van der Waals surface area contributed by atoms with Gasteiger partial charge in [-0.15, -0.1) is 0 Å². The standard InChI is InChI=1S/C28H46N2O4/c1-2-3-4-5-6-7-8-9-10-11-12-13-14-15-16-19-28(31)34-27-18-17-24-29(27)25-20-22-26(23-21-25)30(32)33/h20-23,27H,2-19,24H2,1H3/t27-/m0/s1. The Balaban J connectivity index is 1.46. The van der Waals surface area contributed by atoms with Crippen LogP contribution in [0.15, 0.2) is 24.3 Å². The minimum atomic E-state index is -0.400. The highest BCUT2D eigenvalue weighted by atomic mass is 16.6. The van der Waals surface area contributed by atoms with E-state index in [0.717, 1.165) is 37.9 Å². The molecule has 1 aromatic rings. The molecule has 1 aliphatic heterocycles. The highest BCUT2D eigenvalue weighted by Gasteiger charge is 2.28. The van der Waals surface area contributed by atoms with Gasteiger partial charge in [-0.2, -0.15) is 0 Å². The number of carbonyl (C=O) groups is 1. The van der Waals surface area contributed by atoms with E-state index in [1.807, 2.05) is 4.90 Å². The fraction of sp³-hybridized carbons (Fsp3) is 0.750. The maximum Gasteiger partial charge on any atom is 0.307 e. The third kappa shape index (κ3) is 11.3. The van der Waals surface area contributed by atoms with Gasteiger partial charge in [0.25, 0.3) is 5.69 Å². The molecule has 1 aromatic carbocycles. The maximum absolute atomic E-state index is 12.3. The molecular formula is C28H46N2O4. The van der Waals surface area contributed by atoms with Crippen molar-refractivity contribution in [2.45, 2.75) is 129 Å². The lowest BCUT2D eigenvalue weighted by Crippen LogP contribution is -2.33. The van der Waals surface area contributed by atoms with E-state index < -0.39 is 4.92 Å². The lowest BCUT2D eigenvalue weighted by Gasteiger charge is -2.26. The second kappa shape index (κ2) is 17.3.